The number of morpholine rings is 1. The number of amides is 1. The summed E-state index contributed by atoms with van der Waals surface area (Å²) in [6, 6.07) is 19.7. The first kappa shape index (κ1) is 27.3. The van der Waals surface area contributed by atoms with E-state index in [2.05, 4.69) is 49.8 Å². The molecule has 4 heterocycles. The van der Waals surface area contributed by atoms with Crippen molar-refractivity contribution in [3.8, 4) is 17.4 Å². The molecule has 0 aliphatic carbocycles. The number of benzene rings is 2. The molecule has 4 aromatic rings. The second-order valence-electron chi connectivity index (χ2n) is 10.6. The molecule has 2 aliphatic rings. The summed E-state index contributed by atoms with van der Waals surface area (Å²) >= 11 is 0. The first-order valence-electron chi connectivity index (χ1n) is 14.3. The van der Waals surface area contributed by atoms with E-state index < -0.39 is 0 Å². The standard InChI is InChI=1S/C32H37N5O4/c1-34-13-14-36(19-22-40-29-10-4-5-11-30(29)41-31-27(32(34)38)8-6-12-33-31)23-25-24-37(28-9-3-2-7-26(25)28)16-15-35-17-20-39-21-18-35/h2-12,24H,13-23H2,1H3. The molecular formula is C32H37N5O4. The van der Waals surface area contributed by atoms with E-state index in [0.717, 1.165) is 45.9 Å². The molecular weight excluding hydrogens is 518 g/mol. The van der Waals surface area contributed by atoms with Crippen molar-refractivity contribution in [1.29, 1.82) is 0 Å². The third-order valence-electron chi connectivity index (χ3n) is 7.85. The molecule has 41 heavy (non-hydrogen) atoms. The lowest BCUT2D eigenvalue weighted by molar-refractivity contribution is 0.0365. The SMILES string of the molecule is CN1CCN(Cc2cn(CCN3CCOCC3)c3ccccc23)CCOc2ccccc2Oc2ncccc2C1=O. The molecule has 1 saturated heterocycles. The number of carbonyl (C=O) groups is 1. The number of pyridine rings is 1. The summed E-state index contributed by atoms with van der Waals surface area (Å²) in [5, 5.41) is 1.27. The van der Waals surface area contributed by atoms with Gasteiger partial charge in [0.05, 0.1) is 13.2 Å². The summed E-state index contributed by atoms with van der Waals surface area (Å²) in [5.41, 5.74) is 2.96. The number of ether oxygens (including phenoxy) is 3. The molecule has 0 atom stereocenters. The van der Waals surface area contributed by atoms with E-state index in [1.54, 1.807) is 23.2 Å². The monoisotopic (exact) mass is 555 g/mol. The molecule has 0 unspecified atom stereocenters. The van der Waals surface area contributed by atoms with E-state index in [4.69, 9.17) is 14.2 Å². The quantitative estimate of drug-likeness (QED) is 0.367. The zero-order chi connectivity index (χ0) is 28.0. The predicted molar refractivity (Wildman–Crippen MR) is 158 cm³/mol. The van der Waals surface area contributed by atoms with Crippen LogP contribution in [0.15, 0.2) is 73.1 Å². The van der Waals surface area contributed by atoms with Gasteiger partial charge in [-0.1, -0.05) is 30.3 Å². The fourth-order valence-corrected chi connectivity index (χ4v) is 5.49. The third-order valence-corrected chi connectivity index (χ3v) is 7.85. The maximum absolute atomic E-state index is 13.4. The molecule has 0 N–H and O–H groups in total. The zero-order valence-electron chi connectivity index (χ0n) is 23.6. The summed E-state index contributed by atoms with van der Waals surface area (Å²) in [5.74, 6) is 1.33. The van der Waals surface area contributed by atoms with Crippen LogP contribution in [-0.4, -0.2) is 96.3 Å². The summed E-state index contributed by atoms with van der Waals surface area (Å²) in [7, 11) is 1.83. The number of nitrogens with zero attached hydrogens (tertiary/aromatic N) is 5. The van der Waals surface area contributed by atoms with Crippen molar-refractivity contribution in [3.63, 3.8) is 0 Å². The van der Waals surface area contributed by atoms with Gasteiger partial charge in [0.25, 0.3) is 5.91 Å². The fraction of sp³-hybridized carbons (Fsp3) is 0.375. The van der Waals surface area contributed by atoms with E-state index in [9.17, 15) is 4.79 Å². The minimum Gasteiger partial charge on any atom is -0.488 e. The van der Waals surface area contributed by atoms with Gasteiger partial charge in [0.2, 0.25) is 5.88 Å². The molecule has 2 aliphatic heterocycles. The number of hydrogen-bond donors (Lipinski definition) is 0. The van der Waals surface area contributed by atoms with Crippen LogP contribution in [0, 0.1) is 0 Å². The van der Waals surface area contributed by atoms with E-state index in [1.165, 1.54) is 16.5 Å². The van der Waals surface area contributed by atoms with Crippen LogP contribution in [-0.2, 0) is 17.8 Å². The summed E-state index contributed by atoms with van der Waals surface area (Å²) in [4.78, 5) is 24.4. The number of aromatic nitrogens is 2. The molecule has 0 saturated carbocycles. The molecule has 9 heteroatoms. The number of rotatable bonds is 5. The van der Waals surface area contributed by atoms with Crippen LogP contribution in [0.25, 0.3) is 10.9 Å². The minimum atomic E-state index is -0.120. The van der Waals surface area contributed by atoms with Crippen LogP contribution in [0.4, 0.5) is 0 Å². The Morgan fingerprint density at radius 3 is 2.46 bits per heavy atom. The summed E-state index contributed by atoms with van der Waals surface area (Å²) < 4.78 is 20.2. The smallest absolute Gasteiger partial charge is 0.259 e. The van der Waals surface area contributed by atoms with Gasteiger partial charge in [0.15, 0.2) is 11.5 Å². The Balaban J connectivity index is 1.24. The van der Waals surface area contributed by atoms with Crippen molar-refractivity contribution < 1.29 is 19.0 Å². The van der Waals surface area contributed by atoms with Crippen molar-refractivity contribution in [2.24, 2.45) is 0 Å². The number of para-hydroxylation sites is 3. The average Bonchev–Trinajstić information content (AvgIpc) is 3.36. The van der Waals surface area contributed by atoms with Crippen LogP contribution < -0.4 is 9.47 Å². The van der Waals surface area contributed by atoms with E-state index in [-0.39, 0.29) is 11.8 Å². The molecule has 6 rings (SSSR count). The first-order valence-corrected chi connectivity index (χ1v) is 14.3. The van der Waals surface area contributed by atoms with Crippen molar-refractivity contribution in [2.75, 3.05) is 66.1 Å². The number of carbonyl (C=O) groups excluding carboxylic acids is 1. The topological polar surface area (TPSA) is 72.3 Å². The second kappa shape index (κ2) is 12.7. The first-order chi connectivity index (χ1) is 20.2. The molecule has 0 spiro atoms. The van der Waals surface area contributed by atoms with Crippen molar-refractivity contribution in [3.05, 3.63) is 84.2 Å². The highest BCUT2D eigenvalue weighted by molar-refractivity contribution is 5.96. The number of fused-ring (bicyclic) bond motifs is 3. The van der Waals surface area contributed by atoms with Crippen molar-refractivity contribution in [1.82, 2.24) is 24.3 Å². The minimum absolute atomic E-state index is 0.120. The Morgan fingerprint density at radius 2 is 1.59 bits per heavy atom. The van der Waals surface area contributed by atoms with Crippen LogP contribution >= 0.6 is 0 Å². The third kappa shape index (κ3) is 6.37. The normalized spacial score (nSPS) is 17.5. The Kier molecular flexibility index (Phi) is 8.46. The van der Waals surface area contributed by atoms with Gasteiger partial charge < -0.3 is 23.7 Å². The highest BCUT2D eigenvalue weighted by Crippen LogP contribution is 2.32. The lowest BCUT2D eigenvalue weighted by atomic mass is 10.1. The molecule has 1 fully saturated rings. The summed E-state index contributed by atoms with van der Waals surface area (Å²) in [6.45, 7) is 8.75. The van der Waals surface area contributed by atoms with E-state index in [0.29, 0.717) is 43.3 Å². The van der Waals surface area contributed by atoms with Gasteiger partial charge >= 0.3 is 0 Å². The highest BCUT2D eigenvalue weighted by atomic mass is 16.5. The maximum atomic E-state index is 13.4. The van der Waals surface area contributed by atoms with Crippen LogP contribution in [0.2, 0.25) is 0 Å². The van der Waals surface area contributed by atoms with Crippen LogP contribution in [0.3, 0.4) is 0 Å². The molecule has 214 valence electrons. The number of hydrogen-bond acceptors (Lipinski definition) is 7. The molecule has 0 bridgehead atoms. The molecule has 0 radical (unpaired) electrons. The molecule has 9 nitrogen and oxygen atoms in total. The molecule has 1 amide bonds. The largest absolute Gasteiger partial charge is 0.488 e. The highest BCUT2D eigenvalue weighted by Gasteiger charge is 2.22. The van der Waals surface area contributed by atoms with Gasteiger partial charge in [-0.25, -0.2) is 4.98 Å². The number of likely N-dealkylation sites (N-methyl/N-ethyl adjacent to an activating group) is 1. The Bertz CT molecular complexity index is 1480. The van der Waals surface area contributed by atoms with Gasteiger partial charge in [-0.2, -0.15) is 0 Å². The lowest BCUT2D eigenvalue weighted by Gasteiger charge is -2.26. The van der Waals surface area contributed by atoms with Gasteiger partial charge in [0, 0.05) is 82.7 Å². The zero-order valence-corrected chi connectivity index (χ0v) is 23.6. The van der Waals surface area contributed by atoms with Gasteiger partial charge in [-0.15, -0.1) is 0 Å². The van der Waals surface area contributed by atoms with Gasteiger partial charge in [-0.3, -0.25) is 14.6 Å². The van der Waals surface area contributed by atoms with E-state index >= 15 is 0 Å². The fourth-order valence-electron chi connectivity index (χ4n) is 5.49. The summed E-state index contributed by atoms with van der Waals surface area (Å²) in [6.07, 6.45) is 3.93. The van der Waals surface area contributed by atoms with E-state index in [1.807, 2.05) is 31.3 Å². The lowest BCUT2D eigenvalue weighted by Crippen LogP contribution is -2.38. The van der Waals surface area contributed by atoms with Crippen molar-refractivity contribution in [2.45, 2.75) is 13.1 Å². The van der Waals surface area contributed by atoms with Gasteiger partial charge in [-0.05, 0) is 35.9 Å². The average molecular weight is 556 g/mol. The Hall–Kier alpha value is -3.92. The Morgan fingerprint density at radius 1 is 0.805 bits per heavy atom. The second-order valence-corrected chi connectivity index (χ2v) is 10.6. The maximum Gasteiger partial charge on any atom is 0.259 e. The van der Waals surface area contributed by atoms with Gasteiger partial charge in [0.1, 0.15) is 12.2 Å². The van der Waals surface area contributed by atoms with Crippen molar-refractivity contribution >= 4 is 16.8 Å². The Labute approximate surface area is 240 Å². The van der Waals surface area contributed by atoms with Crippen LogP contribution in [0.5, 0.6) is 17.4 Å². The molecule has 2 aromatic carbocycles. The predicted octanol–water partition coefficient (Wildman–Crippen LogP) is 4.13. The molecule has 2 aromatic heterocycles. The van der Waals surface area contributed by atoms with Crippen LogP contribution in [0.1, 0.15) is 15.9 Å².